The third-order valence-corrected chi connectivity index (χ3v) is 2.98. The lowest BCUT2D eigenvalue weighted by Gasteiger charge is -2.03. The van der Waals surface area contributed by atoms with E-state index in [0.717, 1.165) is 23.0 Å². The number of rotatable bonds is 3. The number of carbonyl (C=O) groups is 1. The number of nitrogens with one attached hydrogen (secondary N) is 1. The predicted octanol–water partition coefficient (Wildman–Crippen LogP) is 3.35. The van der Waals surface area contributed by atoms with Crippen molar-refractivity contribution >= 4 is 16.9 Å². The Morgan fingerprint density at radius 2 is 2.12 bits per heavy atom. The van der Waals surface area contributed by atoms with Crippen molar-refractivity contribution in [2.75, 3.05) is 6.61 Å². The Hall–Kier alpha value is -1.77. The molecular weight excluding hydrogens is 214 g/mol. The van der Waals surface area contributed by atoms with Gasteiger partial charge in [0.15, 0.2) is 0 Å². The molecule has 0 aliphatic carbocycles. The van der Waals surface area contributed by atoms with Crippen LogP contribution >= 0.6 is 0 Å². The van der Waals surface area contributed by atoms with E-state index in [1.807, 2.05) is 32.0 Å². The van der Waals surface area contributed by atoms with Crippen molar-refractivity contribution in [1.29, 1.82) is 0 Å². The molecule has 0 radical (unpaired) electrons. The van der Waals surface area contributed by atoms with Gasteiger partial charge < -0.3 is 9.72 Å². The lowest BCUT2D eigenvalue weighted by Crippen LogP contribution is -2.05. The molecule has 2 rings (SSSR count). The highest BCUT2D eigenvalue weighted by Gasteiger charge is 2.10. The molecule has 1 aromatic carbocycles. The summed E-state index contributed by atoms with van der Waals surface area (Å²) in [6.45, 7) is 6.56. The fourth-order valence-electron chi connectivity index (χ4n) is 1.88. The number of aromatic amines is 1. The van der Waals surface area contributed by atoms with Gasteiger partial charge in [-0.1, -0.05) is 13.0 Å². The molecule has 0 saturated heterocycles. The third-order valence-electron chi connectivity index (χ3n) is 2.98. The minimum Gasteiger partial charge on any atom is -0.462 e. The Morgan fingerprint density at radius 1 is 1.35 bits per heavy atom. The maximum absolute atomic E-state index is 11.7. The van der Waals surface area contributed by atoms with E-state index in [9.17, 15) is 4.79 Å². The minimum absolute atomic E-state index is 0.251. The predicted molar refractivity (Wildman–Crippen MR) is 68.3 cm³/mol. The summed E-state index contributed by atoms with van der Waals surface area (Å²) < 4.78 is 5.11. The summed E-state index contributed by atoms with van der Waals surface area (Å²) in [6.07, 6.45) is 0.842. The van der Waals surface area contributed by atoms with Crippen molar-refractivity contribution < 1.29 is 9.53 Å². The first-order valence-electron chi connectivity index (χ1n) is 5.89. The molecule has 0 bridgehead atoms. The van der Waals surface area contributed by atoms with Gasteiger partial charge in [-0.15, -0.1) is 0 Å². The summed E-state index contributed by atoms with van der Waals surface area (Å²) in [7, 11) is 0. The van der Waals surface area contributed by atoms with Crippen LogP contribution in [0.4, 0.5) is 0 Å². The van der Waals surface area contributed by atoms with E-state index in [4.69, 9.17) is 4.74 Å². The van der Waals surface area contributed by atoms with Gasteiger partial charge in [0.2, 0.25) is 0 Å². The van der Waals surface area contributed by atoms with Crippen LogP contribution in [0.5, 0.6) is 0 Å². The van der Waals surface area contributed by atoms with Crippen LogP contribution < -0.4 is 0 Å². The van der Waals surface area contributed by atoms with Gasteiger partial charge in [0.05, 0.1) is 12.2 Å². The summed E-state index contributed by atoms with van der Waals surface area (Å²) in [6, 6.07) is 5.64. The van der Waals surface area contributed by atoms with Gasteiger partial charge in [-0.05, 0) is 38.0 Å². The molecule has 0 amide bonds. The van der Waals surface area contributed by atoms with E-state index in [2.05, 4.69) is 11.9 Å². The fraction of sp³-hybridized carbons (Fsp3) is 0.357. The van der Waals surface area contributed by atoms with E-state index in [0.29, 0.717) is 12.2 Å². The Labute approximate surface area is 101 Å². The van der Waals surface area contributed by atoms with Crippen LogP contribution in [0.3, 0.4) is 0 Å². The molecule has 17 heavy (non-hydrogen) atoms. The molecule has 1 aromatic heterocycles. The van der Waals surface area contributed by atoms with E-state index in [1.165, 1.54) is 5.56 Å². The quantitative estimate of drug-likeness (QED) is 0.823. The number of hydrogen-bond donors (Lipinski definition) is 1. The van der Waals surface area contributed by atoms with Crippen molar-refractivity contribution in [3.8, 4) is 0 Å². The Morgan fingerprint density at radius 3 is 2.82 bits per heavy atom. The number of aromatic nitrogens is 1. The zero-order valence-corrected chi connectivity index (χ0v) is 10.5. The molecule has 1 N–H and O–H groups in total. The average Bonchev–Trinajstić information content (AvgIpc) is 2.61. The van der Waals surface area contributed by atoms with Crippen molar-refractivity contribution in [3.05, 3.63) is 35.0 Å². The summed E-state index contributed by atoms with van der Waals surface area (Å²) in [5.41, 5.74) is 3.96. The highest BCUT2D eigenvalue weighted by atomic mass is 16.5. The lowest BCUT2D eigenvalue weighted by molar-refractivity contribution is 0.0505. The van der Waals surface area contributed by atoms with E-state index in [1.54, 1.807) is 0 Å². The van der Waals surface area contributed by atoms with Crippen LogP contribution in [-0.2, 0) is 4.74 Å². The number of aryl methyl sites for hydroxylation is 2. The zero-order chi connectivity index (χ0) is 12.4. The summed E-state index contributed by atoms with van der Waals surface area (Å²) >= 11 is 0. The second kappa shape index (κ2) is 4.62. The maximum Gasteiger partial charge on any atom is 0.338 e. The van der Waals surface area contributed by atoms with Crippen LogP contribution in [0.1, 0.15) is 35.0 Å². The van der Waals surface area contributed by atoms with Crippen molar-refractivity contribution in [1.82, 2.24) is 4.98 Å². The number of hydrogen-bond acceptors (Lipinski definition) is 2. The molecule has 3 nitrogen and oxygen atoms in total. The zero-order valence-electron chi connectivity index (χ0n) is 10.5. The highest BCUT2D eigenvalue weighted by Crippen LogP contribution is 2.22. The molecule has 0 aliphatic rings. The van der Waals surface area contributed by atoms with E-state index in [-0.39, 0.29) is 5.97 Å². The highest BCUT2D eigenvalue weighted by molar-refractivity contribution is 5.95. The molecule has 0 saturated carbocycles. The standard InChI is InChI=1S/C14H17NO2/c1-4-7-17-14(16)11-5-6-12-9(2)10(3)15-13(12)8-11/h5-6,8,15H,4,7H2,1-3H3. The van der Waals surface area contributed by atoms with E-state index < -0.39 is 0 Å². The largest absolute Gasteiger partial charge is 0.462 e. The number of esters is 1. The third kappa shape index (κ3) is 2.18. The molecule has 90 valence electrons. The number of carbonyl (C=O) groups excluding carboxylic acids is 1. The van der Waals surface area contributed by atoms with Crippen molar-refractivity contribution in [3.63, 3.8) is 0 Å². The van der Waals surface area contributed by atoms with Crippen LogP contribution in [0.15, 0.2) is 18.2 Å². The number of fused-ring (bicyclic) bond motifs is 1. The Balaban J connectivity index is 2.35. The summed E-state index contributed by atoms with van der Waals surface area (Å²) in [5, 5.41) is 1.16. The SMILES string of the molecule is CCCOC(=O)c1ccc2c(C)c(C)[nH]c2c1. The second-order valence-electron chi connectivity index (χ2n) is 4.27. The second-order valence-corrected chi connectivity index (χ2v) is 4.27. The van der Waals surface area contributed by atoms with Gasteiger partial charge in [0, 0.05) is 16.6 Å². The van der Waals surface area contributed by atoms with Crippen LogP contribution in [0.2, 0.25) is 0 Å². The van der Waals surface area contributed by atoms with Gasteiger partial charge in [-0.3, -0.25) is 0 Å². The van der Waals surface area contributed by atoms with Crippen molar-refractivity contribution in [2.45, 2.75) is 27.2 Å². The van der Waals surface area contributed by atoms with Crippen LogP contribution in [-0.4, -0.2) is 17.6 Å². The van der Waals surface area contributed by atoms with Gasteiger partial charge >= 0.3 is 5.97 Å². The monoisotopic (exact) mass is 231 g/mol. The molecular formula is C14H17NO2. The molecule has 0 fully saturated rings. The molecule has 2 aromatic rings. The first-order valence-corrected chi connectivity index (χ1v) is 5.89. The normalized spacial score (nSPS) is 10.8. The lowest BCUT2D eigenvalue weighted by atomic mass is 10.1. The van der Waals surface area contributed by atoms with Gasteiger partial charge in [0.1, 0.15) is 0 Å². The van der Waals surface area contributed by atoms with Crippen LogP contribution in [0.25, 0.3) is 10.9 Å². The molecule has 0 unspecified atom stereocenters. The van der Waals surface area contributed by atoms with Crippen LogP contribution in [0, 0.1) is 13.8 Å². The first-order chi connectivity index (χ1) is 8.13. The first kappa shape index (κ1) is 11.7. The smallest absolute Gasteiger partial charge is 0.338 e. The summed E-state index contributed by atoms with van der Waals surface area (Å²) in [4.78, 5) is 15.0. The van der Waals surface area contributed by atoms with Gasteiger partial charge in [-0.2, -0.15) is 0 Å². The molecule has 0 spiro atoms. The number of benzene rings is 1. The Bertz CT molecular complexity index is 555. The number of ether oxygens (including phenoxy) is 1. The van der Waals surface area contributed by atoms with Gasteiger partial charge in [0.25, 0.3) is 0 Å². The number of H-pyrrole nitrogens is 1. The van der Waals surface area contributed by atoms with Gasteiger partial charge in [-0.25, -0.2) is 4.79 Å². The average molecular weight is 231 g/mol. The van der Waals surface area contributed by atoms with Crippen molar-refractivity contribution in [2.24, 2.45) is 0 Å². The molecule has 1 heterocycles. The minimum atomic E-state index is -0.251. The maximum atomic E-state index is 11.7. The molecule has 0 aliphatic heterocycles. The topological polar surface area (TPSA) is 42.1 Å². The fourth-order valence-corrected chi connectivity index (χ4v) is 1.88. The summed E-state index contributed by atoms with van der Waals surface area (Å²) in [5.74, 6) is -0.251. The molecule has 0 atom stereocenters. The van der Waals surface area contributed by atoms with E-state index >= 15 is 0 Å². The molecule has 3 heteroatoms. The Kier molecular flexibility index (Phi) is 3.18.